The largest absolute Gasteiger partial charge is 0.370 e. The molecule has 0 aromatic rings. The molecule has 0 atom stereocenters. The number of halogens is 1. The molecular formula is C15H33IN4O. The SMILES string of the molecule is CCCCCCCCN=C(N)NCCC(=O)NC(C)C.I. The lowest BCUT2D eigenvalue weighted by Crippen LogP contribution is -2.37. The second kappa shape index (κ2) is 15.9. The summed E-state index contributed by atoms with van der Waals surface area (Å²) in [6.45, 7) is 7.41. The second-order valence-electron chi connectivity index (χ2n) is 5.43. The van der Waals surface area contributed by atoms with Gasteiger partial charge in [0.05, 0.1) is 0 Å². The Morgan fingerprint density at radius 1 is 1.14 bits per heavy atom. The summed E-state index contributed by atoms with van der Waals surface area (Å²) < 4.78 is 0. The molecule has 0 radical (unpaired) electrons. The van der Waals surface area contributed by atoms with E-state index < -0.39 is 0 Å². The van der Waals surface area contributed by atoms with Crippen molar-refractivity contribution in [2.24, 2.45) is 10.7 Å². The number of carbonyl (C=O) groups is 1. The van der Waals surface area contributed by atoms with Crippen molar-refractivity contribution < 1.29 is 4.79 Å². The van der Waals surface area contributed by atoms with E-state index in [9.17, 15) is 4.79 Å². The van der Waals surface area contributed by atoms with Gasteiger partial charge in [0.15, 0.2) is 5.96 Å². The predicted molar refractivity (Wildman–Crippen MR) is 101 cm³/mol. The lowest BCUT2D eigenvalue weighted by Gasteiger charge is -2.09. The third-order valence-electron chi connectivity index (χ3n) is 2.90. The summed E-state index contributed by atoms with van der Waals surface area (Å²) >= 11 is 0. The number of nitrogens with one attached hydrogen (secondary N) is 2. The van der Waals surface area contributed by atoms with Crippen molar-refractivity contribution in [2.75, 3.05) is 13.1 Å². The average Bonchev–Trinajstić information content (AvgIpc) is 2.36. The van der Waals surface area contributed by atoms with Crippen molar-refractivity contribution in [3.8, 4) is 0 Å². The number of rotatable bonds is 11. The predicted octanol–water partition coefficient (Wildman–Crippen LogP) is 2.78. The van der Waals surface area contributed by atoms with Crippen LogP contribution >= 0.6 is 24.0 Å². The van der Waals surface area contributed by atoms with Gasteiger partial charge in [0.2, 0.25) is 5.91 Å². The molecule has 0 saturated carbocycles. The minimum Gasteiger partial charge on any atom is -0.370 e. The molecule has 0 saturated heterocycles. The van der Waals surface area contributed by atoms with Gasteiger partial charge in [0.25, 0.3) is 0 Å². The number of nitrogens with zero attached hydrogens (tertiary/aromatic N) is 1. The van der Waals surface area contributed by atoms with Crippen molar-refractivity contribution in [1.29, 1.82) is 0 Å². The molecule has 0 aliphatic rings. The van der Waals surface area contributed by atoms with E-state index in [0.717, 1.165) is 13.0 Å². The van der Waals surface area contributed by atoms with E-state index in [1.165, 1.54) is 32.1 Å². The highest BCUT2D eigenvalue weighted by Gasteiger charge is 2.02. The van der Waals surface area contributed by atoms with Crippen LogP contribution in [0.4, 0.5) is 0 Å². The zero-order chi connectivity index (χ0) is 15.2. The maximum Gasteiger partial charge on any atom is 0.221 e. The van der Waals surface area contributed by atoms with Crippen molar-refractivity contribution in [3.05, 3.63) is 0 Å². The van der Waals surface area contributed by atoms with Crippen LogP contribution in [0.5, 0.6) is 0 Å². The number of aliphatic imine (C=N–C) groups is 1. The summed E-state index contributed by atoms with van der Waals surface area (Å²) in [5.41, 5.74) is 5.73. The van der Waals surface area contributed by atoms with Crippen LogP contribution in [-0.4, -0.2) is 31.0 Å². The minimum absolute atomic E-state index is 0. The summed E-state index contributed by atoms with van der Waals surface area (Å²) in [6, 6.07) is 0.182. The van der Waals surface area contributed by atoms with Crippen molar-refractivity contribution >= 4 is 35.8 Å². The normalized spacial score (nSPS) is 11.1. The van der Waals surface area contributed by atoms with Crippen LogP contribution < -0.4 is 16.4 Å². The summed E-state index contributed by atoms with van der Waals surface area (Å²) in [6.07, 6.45) is 7.93. The Labute approximate surface area is 146 Å². The number of nitrogens with two attached hydrogens (primary N) is 1. The van der Waals surface area contributed by atoms with Gasteiger partial charge in [-0.3, -0.25) is 9.79 Å². The van der Waals surface area contributed by atoms with Crippen molar-refractivity contribution in [1.82, 2.24) is 10.6 Å². The van der Waals surface area contributed by atoms with Crippen LogP contribution in [0.2, 0.25) is 0 Å². The molecule has 6 heteroatoms. The van der Waals surface area contributed by atoms with E-state index in [1.54, 1.807) is 0 Å². The van der Waals surface area contributed by atoms with Gasteiger partial charge in [0.1, 0.15) is 0 Å². The molecule has 0 aliphatic heterocycles. The first-order chi connectivity index (χ1) is 9.56. The molecule has 1 amide bonds. The molecule has 0 heterocycles. The maximum atomic E-state index is 11.4. The highest BCUT2D eigenvalue weighted by atomic mass is 127. The standard InChI is InChI=1S/C15H32N4O.HI/c1-4-5-6-7-8-9-11-17-15(16)18-12-10-14(20)19-13(2)3;/h13H,4-12H2,1-3H3,(H,19,20)(H3,16,17,18);1H. The number of carbonyl (C=O) groups excluding carboxylic acids is 1. The van der Waals surface area contributed by atoms with Crippen molar-refractivity contribution in [3.63, 3.8) is 0 Å². The number of amides is 1. The van der Waals surface area contributed by atoms with Gasteiger partial charge in [-0.1, -0.05) is 39.0 Å². The number of hydrogen-bond acceptors (Lipinski definition) is 2. The smallest absolute Gasteiger partial charge is 0.221 e. The molecule has 0 aromatic carbocycles. The van der Waals surface area contributed by atoms with Gasteiger partial charge in [0, 0.05) is 25.6 Å². The van der Waals surface area contributed by atoms with Gasteiger partial charge in [-0.2, -0.15) is 0 Å². The first kappa shape index (κ1) is 22.7. The zero-order valence-electron chi connectivity index (χ0n) is 13.8. The minimum atomic E-state index is 0. The molecule has 126 valence electrons. The first-order valence-corrected chi connectivity index (χ1v) is 7.89. The lowest BCUT2D eigenvalue weighted by atomic mass is 10.1. The molecule has 0 spiro atoms. The Morgan fingerprint density at radius 3 is 2.38 bits per heavy atom. The number of guanidine groups is 1. The molecule has 0 rings (SSSR count). The molecule has 0 aromatic heterocycles. The van der Waals surface area contributed by atoms with Crippen LogP contribution in [-0.2, 0) is 4.79 Å². The fraction of sp³-hybridized carbons (Fsp3) is 0.867. The first-order valence-electron chi connectivity index (χ1n) is 7.89. The Bertz CT molecular complexity index is 283. The van der Waals surface area contributed by atoms with Gasteiger partial charge in [-0.25, -0.2) is 0 Å². The summed E-state index contributed by atoms with van der Waals surface area (Å²) in [7, 11) is 0. The maximum absolute atomic E-state index is 11.4. The second-order valence-corrected chi connectivity index (χ2v) is 5.43. The molecule has 0 bridgehead atoms. The highest BCUT2D eigenvalue weighted by Crippen LogP contribution is 2.04. The topological polar surface area (TPSA) is 79.5 Å². The van der Waals surface area contributed by atoms with Crippen molar-refractivity contribution in [2.45, 2.75) is 71.8 Å². The molecule has 4 N–H and O–H groups in total. The number of hydrogen-bond donors (Lipinski definition) is 3. The Morgan fingerprint density at radius 2 is 1.76 bits per heavy atom. The fourth-order valence-corrected chi connectivity index (χ4v) is 1.85. The van der Waals surface area contributed by atoms with Gasteiger partial charge < -0.3 is 16.4 Å². The molecule has 0 fully saturated rings. The Kier molecular flexibility index (Phi) is 17.2. The van der Waals surface area contributed by atoms with Crippen LogP contribution in [0.1, 0.15) is 65.7 Å². The summed E-state index contributed by atoms with van der Waals surface area (Å²) in [4.78, 5) is 15.6. The lowest BCUT2D eigenvalue weighted by molar-refractivity contribution is -0.121. The molecule has 0 unspecified atom stereocenters. The van der Waals surface area contributed by atoms with Gasteiger partial charge in [-0.05, 0) is 20.3 Å². The zero-order valence-corrected chi connectivity index (χ0v) is 16.1. The van der Waals surface area contributed by atoms with E-state index in [2.05, 4.69) is 22.5 Å². The molecular weight excluding hydrogens is 379 g/mol. The molecule has 5 nitrogen and oxygen atoms in total. The average molecular weight is 412 g/mol. The monoisotopic (exact) mass is 412 g/mol. The van der Waals surface area contributed by atoms with Crippen LogP contribution in [0.25, 0.3) is 0 Å². The third kappa shape index (κ3) is 17.4. The summed E-state index contributed by atoms with van der Waals surface area (Å²) in [5.74, 6) is 0.479. The Balaban J connectivity index is 0. The van der Waals surface area contributed by atoms with Crippen LogP contribution in [0.15, 0.2) is 4.99 Å². The highest BCUT2D eigenvalue weighted by molar-refractivity contribution is 14.0. The van der Waals surface area contributed by atoms with Crippen LogP contribution in [0.3, 0.4) is 0 Å². The molecule has 0 aliphatic carbocycles. The van der Waals surface area contributed by atoms with E-state index >= 15 is 0 Å². The van der Waals surface area contributed by atoms with E-state index in [1.807, 2.05) is 13.8 Å². The molecule has 21 heavy (non-hydrogen) atoms. The third-order valence-corrected chi connectivity index (χ3v) is 2.90. The van der Waals surface area contributed by atoms with Gasteiger partial charge >= 0.3 is 0 Å². The number of unbranched alkanes of at least 4 members (excludes halogenated alkanes) is 5. The van der Waals surface area contributed by atoms with E-state index in [4.69, 9.17) is 5.73 Å². The fourth-order valence-electron chi connectivity index (χ4n) is 1.85. The van der Waals surface area contributed by atoms with Crippen LogP contribution in [0, 0.1) is 0 Å². The quantitative estimate of drug-likeness (QED) is 0.211. The van der Waals surface area contributed by atoms with Gasteiger partial charge in [-0.15, -0.1) is 24.0 Å². The summed E-state index contributed by atoms with van der Waals surface area (Å²) in [5, 5.41) is 5.80. The van der Waals surface area contributed by atoms with E-state index in [0.29, 0.717) is 18.9 Å². The Hall–Kier alpha value is -0.530. The van der Waals surface area contributed by atoms with E-state index in [-0.39, 0.29) is 35.9 Å².